The zero-order valence-electron chi connectivity index (χ0n) is 22.1. The second-order valence-corrected chi connectivity index (χ2v) is 11.2. The van der Waals surface area contributed by atoms with E-state index in [1.807, 2.05) is 4.90 Å². The lowest BCUT2D eigenvalue weighted by atomic mass is 9.67. The van der Waals surface area contributed by atoms with Gasteiger partial charge in [0.15, 0.2) is 0 Å². The van der Waals surface area contributed by atoms with Crippen LogP contribution in [0, 0.1) is 17.2 Å². The maximum absolute atomic E-state index is 14.9. The van der Waals surface area contributed by atoms with Crippen molar-refractivity contribution in [3.63, 3.8) is 0 Å². The molecule has 216 valence electrons. The van der Waals surface area contributed by atoms with Crippen LogP contribution in [0.5, 0.6) is 5.88 Å². The van der Waals surface area contributed by atoms with Gasteiger partial charge in [0.1, 0.15) is 11.9 Å². The summed E-state index contributed by atoms with van der Waals surface area (Å²) in [6.07, 6.45) is 2.35. The Morgan fingerprint density at radius 2 is 1.80 bits per heavy atom. The zero-order valence-corrected chi connectivity index (χ0v) is 22.1. The van der Waals surface area contributed by atoms with Crippen LogP contribution >= 0.6 is 0 Å². The predicted octanol–water partition coefficient (Wildman–Crippen LogP) is 4.20. The Hall–Kier alpha value is -3.28. The molecule has 5 rings (SSSR count). The highest BCUT2D eigenvalue weighted by Gasteiger charge is 2.58. The highest BCUT2D eigenvalue weighted by Crippen LogP contribution is 2.53. The van der Waals surface area contributed by atoms with E-state index in [-0.39, 0.29) is 48.0 Å². The van der Waals surface area contributed by atoms with Gasteiger partial charge in [0.2, 0.25) is 11.8 Å². The minimum Gasteiger partial charge on any atom is -0.476 e. The minimum absolute atomic E-state index is 0.0782. The van der Waals surface area contributed by atoms with E-state index in [1.54, 1.807) is 0 Å². The monoisotopic (exact) mass is 563 g/mol. The number of primary amides is 1. The van der Waals surface area contributed by atoms with Gasteiger partial charge in [0.25, 0.3) is 5.91 Å². The molecule has 40 heavy (non-hydrogen) atoms. The molecule has 3 fully saturated rings. The molecule has 1 aromatic carbocycles. The maximum Gasteiger partial charge on any atom is 0.395 e. The zero-order chi connectivity index (χ0) is 28.5. The first-order chi connectivity index (χ1) is 19.1. The normalized spacial score (nSPS) is 21.7. The van der Waals surface area contributed by atoms with E-state index >= 15 is 0 Å². The molecule has 2 aromatic rings. The molecule has 0 unspecified atom stereocenters. The Bertz CT molecular complexity index is 1230. The number of hydrogen-bond donors (Lipinski definition) is 1. The van der Waals surface area contributed by atoms with Crippen molar-refractivity contribution in [3.8, 4) is 17.1 Å². The first-order valence-electron chi connectivity index (χ1n) is 13.7. The Labute approximate surface area is 229 Å². The number of amides is 2. The highest BCUT2D eigenvalue weighted by atomic mass is 19.4. The first-order valence-corrected chi connectivity index (χ1v) is 13.7. The van der Waals surface area contributed by atoms with Crippen molar-refractivity contribution in [3.05, 3.63) is 42.0 Å². The largest absolute Gasteiger partial charge is 0.476 e. The van der Waals surface area contributed by atoms with Crippen LogP contribution in [-0.4, -0.2) is 76.6 Å². The molecule has 1 saturated carbocycles. The van der Waals surface area contributed by atoms with Crippen LogP contribution in [0.4, 0.5) is 17.6 Å². The van der Waals surface area contributed by atoms with Crippen molar-refractivity contribution in [2.45, 2.75) is 57.2 Å². The molecule has 1 atom stereocenters. The summed E-state index contributed by atoms with van der Waals surface area (Å²) in [5.41, 5.74) is 4.40. The van der Waals surface area contributed by atoms with Gasteiger partial charge in [-0.05, 0) is 75.7 Å². The molecule has 1 aromatic heterocycles. The van der Waals surface area contributed by atoms with Crippen molar-refractivity contribution in [1.29, 1.82) is 0 Å². The molecule has 8 nitrogen and oxygen atoms in total. The Morgan fingerprint density at radius 1 is 1.05 bits per heavy atom. The molecule has 2 amide bonds. The van der Waals surface area contributed by atoms with Crippen LogP contribution in [0.15, 0.2) is 30.6 Å². The number of carbonyl (C=O) groups excluding carboxylic acids is 2. The fourth-order valence-electron chi connectivity index (χ4n) is 5.93. The highest BCUT2D eigenvalue weighted by molar-refractivity contribution is 5.98. The van der Waals surface area contributed by atoms with Gasteiger partial charge in [-0.1, -0.05) is 6.42 Å². The molecule has 2 saturated heterocycles. The molecule has 2 aliphatic heterocycles. The van der Waals surface area contributed by atoms with Crippen LogP contribution in [0.1, 0.15) is 55.3 Å². The number of carbonyl (C=O) groups is 2. The summed E-state index contributed by atoms with van der Waals surface area (Å²) in [5, 5.41) is 0. The van der Waals surface area contributed by atoms with Gasteiger partial charge in [0.05, 0.1) is 30.1 Å². The number of hydrogen-bond acceptors (Lipinski definition) is 6. The smallest absolute Gasteiger partial charge is 0.395 e. The van der Waals surface area contributed by atoms with Crippen molar-refractivity contribution in [2.75, 3.05) is 32.8 Å². The summed E-state index contributed by atoms with van der Waals surface area (Å²) in [7, 11) is 0. The number of piperidine rings is 1. The number of rotatable bonds is 8. The standard InChI is InChI=1S/C28H33F4N5O3/c29-21-13-19(26(39)37-10-1-3-23(37)25(33)38)4-5-20(21)22-14-35-24(15-34-22)40-16-18-6-11-36(12-7-18)17-27(8-2-9-27)28(30,31)32/h4-5,13-15,18,23H,1-3,6-12,16-17H2,(H2,33,38)/t23-/m0/s1. The van der Waals surface area contributed by atoms with Crippen molar-refractivity contribution in [1.82, 2.24) is 19.8 Å². The van der Waals surface area contributed by atoms with Gasteiger partial charge in [-0.3, -0.25) is 9.59 Å². The van der Waals surface area contributed by atoms with E-state index in [2.05, 4.69) is 9.97 Å². The molecule has 12 heteroatoms. The van der Waals surface area contributed by atoms with Crippen LogP contribution in [0.3, 0.4) is 0 Å². The number of nitrogens with zero attached hydrogens (tertiary/aromatic N) is 4. The number of ether oxygens (including phenoxy) is 1. The molecule has 3 aliphatic rings. The third-order valence-corrected chi connectivity index (χ3v) is 8.57. The second kappa shape index (κ2) is 11.3. The lowest BCUT2D eigenvalue weighted by molar-refractivity contribution is -0.256. The number of halogens is 4. The lowest BCUT2D eigenvalue weighted by Crippen LogP contribution is -2.53. The van der Waals surface area contributed by atoms with Crippen LogP contribution in [-0.2, 0) is 4.79 Å². The van der Waals surface area contributed by atoms with Gasteiger partial charge < -0.3 is 20.3 Å². The molecule has 3 heterocycles. The number of alkyl halides is 3. The average molecular weight is 564 g/mol. The topological polar surface area (TPSA) is 102 Å². The Balaban J connectivity index is 1.12. The van der Waals surface area contributed by atoms with Gasteiger partial charge >= 0.3 is 6.18 Å². The lowest BCUT2D eigenvalue weighted by Gasteiger charge is -2.47. The van der Waals surface area contributed by atoms with Gasteiger partial charge in [-0.15, -0.1) is 0 Å². The summed E-state index contributed by atoms with van der Waals surface area (Å²) in [4.78, 5) is 36.2. The van der Waals surface area contributed by atoms with E-state index in [0.29, 0.717) is 45.5 Å². The molecule has 2 N–H and O–H groups in total. The summed E-state index contributed by atoms with van der Waals surface area (Å²) >= 11 is 0. The molecule has 0 radical (unpaired) electrons. The summed E-state index contributed by atoms with van der Waals surface area (Å²) in [6.45, 7) is 2.06. The molecule has 0 bridgehead atoms. The summed E-state index contributed by atoms with van der Waals surface area (Å²) < 4.78 is 61.2. The third kappa shape index (κ3) is 5.77. The van der Waals surface area contributed by atoms with Gasteiger partial charge in [0, 0.05) is 24.2 Å². The third-order valence-electron chi connectivity index (χ3n) is 8.57. The van der Waals surface area contributed by atoms with Gasteiger partial charge in [-0.25, -0.2) is 14.4 Å². The SMILES string of the molecule is NC(=O)[C@@H]1CCCN1C(=O)c1ccc(-c2cnc(OCC3CCN(CC4(C(F)(F)F)CCC4)CC3)cn2)c(F)c1. The summed E-state index contributed by atoms with van der Waals surface area (Å²) in [5.74, 6) is -1.20. The maximum atomic E-state index is 14.9. The summed E-state index contributed by atoms with van der Waals surface area (Å²) in [6, 6.07) is 3.36. The van der Waals surface area contributed by atoms with E-state index in [4.69, 9.17) is 10.5 Å². The van der Waals surface area contributed by atoms with E-state index in [1.165, 1.54) is 29.4 Å². The molecule has 1 aliphatic carbocycles. The Morgan fingerprint density at radius 3 is 2.38 bits per heavy atom. The fraction of sp³-hybridized carbons (Fsp3) is 0.571. The van der Waals surface area contributed by atoms with Crippen molar-refractivity contribution >= 4 is 11.8 Å². The van der Waals surface area contributed by atoms with E-state index < -0.39 is 35.3 Å². The van der Waals surface area contributed by atoms with Crippen LogP contribution in [0.2, 0.25) is 0 Å². The predicted molar refractivity (Wildman–Crippen MR) is 138 cm³/mol. The molecular weight excluding hydrogens is 530 g/mol. The molecular formula is C28H33F4N5O3. The Kier molecular flexibility index (Phi) is 7.98. The van der Waals surface area contributed by atoms with Gasteiger partial charge in [-0.2, -0.15) is 13.2 Å². The number of likely N-dealkylation sites (tertiary alicyclic amines) is 2. The number of aromatic nitrogens is 2. The van der Waals surface area contributed by atoms with Crippen LogP contribution < -0.4 is 10.5 Å². The number of benzene rings is 1. The van der Waals surface area contributed by atoms with Crippen molar-refractivity contribution in [2.24, 2.45) is 17.1 Å². The average Bonchev–Trinajstić information content (AvgIpc) is 3.40. The van der Waals surface area contributed by atoms with E-state index in [9.17, 15) is 27.2 Å². The second-order valence-electron chi connectivity index (χ2n) is 11.2. The molecule has 0 spiro atoms. The first kappa shape index (κ1) is 28.3. The fourth-order valence-corrected chi connectivity index (χ4v) is 5.93. The van der Waals surface area contributed by atoms with Crippen LogP contribution in [0.25, 0.3) is 11.3 Å². The quantitative estimate of drug-likeness (QED) is 0.484. The number of nitrogens with two attached hydrogens (primary N) is 1. The van der Waals surface area contributed by atoms with E-state index in [0.717, 1.165) is 18.9 Å². The minimum atomic E-state index is -4.15. The van der Waals surface area contributed by atoms with Crippen molar-refractivity contribution < 1.29 is 31.9 Å².